The van der Waals surface area contributed by atoms with Crippen LogP contribution >= 0.6 is 11.3 Å². The lowest BCUT2D eigenvalue weighted by Crippen LogP contribution is -2.44. The first-order chi connectivity index (χ1) is 12.7. The molecule has 1 aliphatic rings. The Morgan fingerprint density at radius 1 is 1.23 bits per heavy atom. The predicted octanol–water partition coefficient (Wildman–Crippen LogP) is 2.47. The second kappa shape index (κ2) is 9.09. The Morgan fingerprint density at radius 2 is 2.08 bits per heavy atom. The van der Waals surface area contributed by atoms with Crippen LogP contribution in [0, 0.1) is 0 Å². The van der Waals surface area contributed by atoms with E-state index in [2.05, 4.69) is 21.6 Å². The second-order valence-corrected chi connectivity index (χ2v) is 7.69. The van der Waals surface area contributed by atoms with Gasteiger partial charge in [0.25, 0.3) is 0 Å². The van der Waals surface area contributed by atoms with Crippen LogP contribution in [-0.4, -0.2) is 47.9 Å². The highest BCUT2D eigenvalue weighted by atomic mass is 32.1. The Bertz CT molecular complexity index is 728. The van der Waals surface area contributed by atoms with Crippen LogP contribution in [0.1, 0.15) is 43.7 Å². The van der Waals surface area contributed by atoms with Crippen LogP contribution in [0.5, 0.6) is 0 Å². The molecule has 6 nitrogen and oxygen atoms in total. The Morgan fingerprint density at radius 3 is 2.88 bits per heavy atom. The number of rotatable bonds is 7. The first-order valence-corrected chi connectivity index (χ1v) is 10.1. The van der Waals surface area contributed by atoms with E-state index in [1.54, 1.807) is 11.3 Å². The molecule has 2 N–H and O–H groups in total. The maximum atomic E-state index is 12.3. The van der Waals surface area contributed by atoms with Gasteiger partial charge in [-0.15, -0.1) is 11.3 Å². The summed E-state index contributed by atoms with van der Waals surface area (Å²) in [6.07, 6.45) is 4.14. The quantitative estimate of drug-likeness (QED) is 0.781. The summed E-state index contributed by atoms with van der Waals surface area (Å²) in [6, 6.07) is 8.33. The molecule has 1 fully saturated rings. The SMILES string of the molecule is CCCNC(=O)CNC(=O)CN1CCCC[C@H]1c1nc2ccccc2s1. The van der Waals surface area contributed by atoms with Crippen LogP contribution in [0.2, 0.25) is 0 Å². The first kappa shape index (κ1) is 18.8. The summed E-state index contributed by atoms with van der Waals surface area (Å²) < 4.78 is 1.19. The van der Waals surface area contributed by atoms with Gasteiger partial charge in [-0.2, -0.15) is 0 Å². The molecule has 0 radical (unpaired) electrons. The fraction of sp³-hybridized carbons (Fsp3) is 0.526. The number of hydrogen-bond acceptors (Lipinski definition) is 5. The molecular weight excluding hydrogens is 348 g/mol. The van der Waals surface area contributed by atoms with Crippen LogP contribution in [-0.2, 0) is 9.59 Å². The van der Waals surface area contributed by atoms with Crippen LogP contribution in [0.25, 0.3) is 10.2 Å². The van der Waals surface area contributed by atoms with Crippen molar-refractivity contribution in [2.75, 3.05) is 26.2 Å². The van der Waals surface area contributed by atoms with Gasteiger partial charge in [-0.1, -0.05) is 25.5 Å². The highest BCUT2D eigenvalue weighted by Crippen LogP contribution is 2.35. The van der Waals surface area contributed by atoms with Crippen molar-refractivity contribution in [2.45, 2.75) is 38.6 Å². The van der Waals surface area contributed by atoms with Gasteiger partial charge >= 0.3 is 0 Å². The van der Waals surface area contributed by atoms with Crippen molar-refractivity contribution < 1.29 is 9.59 Å². The molecule has 2 amide bonds. The number of carbonyl (C=O) groups excluding carboxylic acids is 2. The standard InChI is InChI=1S/C19H26N4O2S/c1-2-10-20-17(24)12-21-18(25)13-23-11-6-5-8-15(23)19-22-14-7-3-4-9-16(14)26-19/h3-4,7,9,15H,2,5-6,8,10-13H2,1H3,(H,20,24)(H,21,25)/t15-/m0/s1. The van der Waals surface area contributed by atoms with Gasteiger partial charge in [0.05, 0.1) is 29.3 Å². The van der Waals surface area contributed by atoms with E-state index in [4.69, 9.17) is 4.98 Å². The molecule has 1 saturated heterocycles. The number of piperidine rings is 1. The third-order valence-corrected chi connectivity index (χ3v) is 5.71. The molecule has 0 unspecified atom stereocenters. The number of carbonyl (C=O) groups is 2. The average Bonchev–Trinajstić information content (AvgIpc) is 3.09. The third-order valence-electron chi connectivity index (χ3n) is 4.57. The minimum Gasteiger partial charge on any atom is -0.355 e. The Labute approximate surface area is 158 Å². The molecular formula is C19H26N4O2S. The summed E-state index contributed by atoms with van der Waals surface area (Å²) in [5.41, 5.74) is 1.02. The number of nitrogens with one attached hydrogen (secondary N) is 2. The van der Waals surface area contributed by atoms with Gasteiger partial charge in [-0.25, -0.2) is 4.98 Å². The summed E-state index contributed by atoms with van der Waals surface area (Å²) in [7, 11) is 0. The molecule has 0 spiro atoms. The van der Waals surface area contributed by atoms with Crippen LogP contribution in [0.15, 0.2) is 24.3 Å². The van der Waals surface area contributed by atoms with Crippen molar-refractivity contribution in [2.24, 2.45) is 0 Å². The van der Waals surface area contributed by atoms with Crippen molar-refractivity contribution in [1.82, 2.24) is 20.5 Å². The van der Waals surface area contributed by atoms with Crippen molar-refractivity contribution in [3.8, 4) is 0 Å². The molecule has 0 bridgehead atoms. The molecule has 26 heavy (non-hydrogen) atoms. The highest BCUT2D eigenvalue weighted by molar-refractivity contribution is 7.18. The largest absolute Gasteiger partial charge is 0.355 e. The lowest BCUT2D eigenvalue weighted by molar-refractivity contribution is -0.127. The predicted molar refractivity (Wildman–Crippen MR) is 104 cm³/mol. The number of nitrogens with zero attached hydrogens (tertiary/aromatic N) is 2. The van der Waals surface area contributed by atoms with Crippen LogP contribution in [0.4, 0.5) is 0 Å². The molecule has 7 heteroatoms. The Kier molecular flexibility index (Phi) is 6.57. The van der Waals surface area contributed by atoms with E-state index in [9.17, 15) is 9.59 Å². The Hall–Kier alpha value is -1.99. The van der Waals surface area contributed by atoms with Gasteiger partial charge in [0.2, 0.25) is 11.8 Å². The molecule has 2 aromatic rings. The van der Waals surface area contributed by atoms with E-state index in [-0.39, 0.29) is 24.4 Å². The van der Waals surface area contributed by atoms with Crippen molar-refractivity contribution in [1.29, 1.82) is 0 Å². The number of likely N-dealkylation sites (tertiary alicyclic amines) is 1. The molecule has 1 atom stereocenters. The first-order valence-electron chi connectivity index (χ1n) is 9.30. The fourth-order valence-corrected chi connectivity index (χ4v) is 4.38. The van der Waals surface area contributed by atoms with Gasteiger partial charge < -0.3 is 10.6 Å². The molecule has 140 valence electrons. The number of benzene rings is 1. The van der Waals surface area contributed by atoms with Gasteiger partial charge in [-0.3, -0.25) is 14.5 Å². The van der Waals surface area contributed by atoms with Crippen LogP contribution < -0.4 is 10.6 Å². The molecule has 3 rings (SSSR count). The summed E-state index contributed by atoms with van der Waals surface area (Å²) in [5.74, 6) is -0.244. The zero-order valence-electron chi connectivity index (χ0n) is 15.2. The molecule has 0 saturated carbocycles. The lowest BCUT2D eigenvalue weighted by atomic mass is 10.0. The van der Waals surface area contributed by atoms with Gasteiger partial charge in [-0.05, 0) is 37.9 Å². The number of hydrogen-bond donors (Lipinski definition) is 2. The fourth-order valence-electron chi connectivity index (χ4n) is 3.24. The van der Waals surface area contributed by atoms with Crippen molar-refractivity contribution >= 4 is 33.4 Å². The van der Waals surface area contributed by atoms with Gasteiger partial charge in [0, 0.05) is 6.54 Å². The third kappa shape index (κ3) is 4.80. The van der Waals surface area contributed by atoms with E-state index in [1.807, 2.05) is 25.1 Å². The highest BCUT2D eigenvalue weighted by Gasteiger charge is 2.28. The summed E-state index contributed by atoms with van der Waals surface area (Å²) in [5, 5.41) is 6.58. The van der Waals surface area contributed by atoms with E-state index in [0.717, 1.165) is 42.8 Å². The minimum absolute atomic E-state index is 0.0402. The van der Waals surface area contributed by atoms with Crippen molar-refractivity contribution in [3.63, 3.8) is 0 Å². The zero-order chi connectivity index (χ0) is 18.4. The molecule has 1 aromatic heterocycles. The van der Waals surface area contributed by atoms with Crippen molar-refractivity contribution in [3.05, 3.63) is 29.3 Å². The van der Waals surface area contributed by atoms with Gasteiger partial charge in [0.1, 0.15) is 5.01 Å². The Balaban J connectivity index is 1.60. The molecule has 0 aliphatic carbocycles. The normalized spacial score (nSPS) is 18.0. The number of para-hydroxylation sites is 1. The number of amides is 2. The monoisotopic (exact) mass is 374 g/mol. The summed E-state index contributed by atoms with van der Waals surface area (Å²) in [4.78, 5) is 30.9. The number of thiazole rings is 1. The molecule has 1 aromatic carbocycles. The smallest absolute Gasteiger partial charge is 0.239 e. The maximum absolute atomic E-state index is 12.3. The average molecular weight is 375 g/mol. The van der Waals surface area contributed by atoms with Crippen LogP contribution in [0.3, 0.4) is 0 Å². The molecule has 1 aliphatic heterocycles. The maximum Gasteiger partial charge on any atom is 0.239 e. The number of fused-ring (bicyclic) bond motifs is 1. The summed E-state index contributed by atoms with van der Waals surface area (Å²) in [6.45, 7) is 3.87. The topological polar surface area (TPSA) is 74.3 Å². The van der Waals surface area contributed by atoms with E-state index in [0.29, 0.717) is 13.1 Å². The molecule has 2 heterocycles. The van der Waals surface area contributed by atoms with E-state index in [1.165, 1.54) is 4.70 Å². The minimum atomic E-state index is -0.137. The number of aromatic nitrogens is 1. The second-order valence-electron chi connectivity index (χ2n) is 6.63. The zero-order valence-corrected chi connectivity index (χ0v) is 16.0. The van der Waals surface area contributed by atoms with E-state index >= 15 is 0 Å². The van der Waals surface area contributed by atoms with Gasteiger partial charge in [0.15, 0.2) is 0 Å². The lowest BCUT2D eigenvalue weighted by Gasteiger charge is -2.33. The van der Waals surface area contributed by atoms with E-state index < -0.39 is 0 Å². The summed E-state index contributed by atoms with van der Waals surface area (Å²) >= 11 is 1.71.